The van der Waals surface area contributed by atoms with Crippen LogP contribution in [0.15, 0.2) is 48.5 Å². The molecule has 104 valence electrons. The minimum absolute atomic E-state index is 0.186. The van der Waals surface area contributed by atoms with Gasteiger partial charge in [-0.1, -0.05) is 24.3 Å². The van der Waals surface area contributed by atoms with Gasteiger partial charge in [-0.25, -0.2) is 8.78 Å². The molecule has 0 aliphatic heterocycles. The van der Waals surface area contributed by atoms with Crippen molar-refractivity contribution in [1.29, 1.82) is 0 Å². The molecule has 3 rings (SSSR count). The summed E-state index contributed by atoms with van der Waals surface area (Å²) in [4.78, 5) is 0. The van der Waals surface area contributed by atoms with Crippen LogP contribution in [0.5, 0.6) is 0 Å². The zero-order chi connectivity index (χ0) is 13.9. The molecule has 1 nitrogen and oxygen atoms in total. The molecule has 1 saturated carbocycles. The third-order valence-corrected chi connectivity index (χ3v) is 3.96. The Labute approximate surface area is 117 Å². The number of halogens is 2. The Morgan fingerprint density at radius 1 is 0.950 bits per heavy atom. The standard InChI is InChI=1S/C17H17F2N/c18-15-6-4-13(5-7-15)14-9-17(10-14)20-11-12-2-1-3-16(19)8-12/h1-8,14,17,20H,9-11H2. The Morgan fingerprint density at radius 3 is 2.40 bits per heavy atom. The molecule has 0 heterocycles. The molecule has 0 amide bonds. The topological polar surface area (TPSA) is 12.0 Å². The number of rotatable bonds is 4. The van der Waals surface area contributed by atoms with Crippen LogP contribution in [0.25, 0.3) is 0 Å². The average molecular weight is 273 g/mol. The van der Waals surface area contributed by atoms with Gasteiger partial charge in [-0.15, -0.1) is 0 Å². The third kappa shape index (κ3) is 3.05. The zero-order valence-corrected chi connectivity index (χ0v) is 11.2. The van der Waals surface area contributed by atoms with Crippen LogP contribution in [0, 0.1) is 11.6 Å². The van der Waals surface area contributed by atoms with E-state index in [0.29, 0.717) is 18.5 Å². The van der Waals surface area contributed by atoms with Crippen LogP contribution >= 0.6 is 0 Å². The molecule has 1 fully saturated rings. The van der Waals surface area contributed by atoms with Crippen molar-refractivity contribution in [3.05, 3.63) is 71.3 Å². The van der Waals surface area contributed by atoms with E-state index >= 15 is 0 Å². The van der Waals surface area contributed by atoms with Crippen LogP contribution in [0.1, 0.15) is 29.9 Å². The highest BCUT2D eigenvalue weighted by Crippen LogP contribution is 2.36. The van der Waals surface area contributed by atoms with Crippen LogP contribution in [-0.4, -0.2) is 6.04 Å². The maximum Gasteiger partial charge on any atom is 0.123 e. The van der Waals surface area contributed by atoms with Crippen LogP contribution in [0.3, 0.4) is 0 Å². The smallest absolute Gasteiger partial charge is 0.123 e. The molecular weight excluding hydrogens is 256 g/mol. The number of hydrogen-bond donors (Lipinski definition) is 1. The predicted molar refractivity (Wildman–Crippen MR) is 75.4 cm³/mol. The largest absolute Gasteiger partial charge is 0.310 e. The second-order valence-corrected chi connectivity index (χ2v) is 5.43. The molecule has 20 heavy (non-hydrogen) atoms. The molecule has 0 bridgehead atoms. The van der Waals surface area contributed by atoms with Crippen molar-refractivity contribution >= 4 is 0 Å². The average Bonchev–Trinajstić information content (AvgIpc) is 2.39. The lowest BCUT2D eigenvalue weighted by Gasteiger charge is -2.36. The first-order valence-electron chi connectivity index (χ1n) is 6.94. The van der Waals surface area contributed by atoms with E-state index in [-0.39, 0.29) is 11.6 Å². The first-order chi connectivity index (χ1) is 9.70. The van der Waals surface area contributed by atoms with E-state index in [4.69, 9.17) is 0 Å². The highest BCUT2D eigenvalue weighted by Gasteiger charge is 2.29. The fraction of sp³-hybridized carbons (Fsp3) is 0.294. The fourth-order valence-electron chi connectivity index (χ4n) is 2.70. The van der Waals surface area contributed by atoms with E-state index in [1.165, 1.54) is 23.8 Å². The normalized spacial score (nSPS) is 21.5. The molecule has 0 aromatic heterocycles. The lowest BCUT2D eigenvalue weighted by Crippen LogP contribution is -2.39. The summed E-state index contributed by atoms with van der Waals surface area (Å²) >= 11 is 0. The maximum absolute atomic E-state index is 13.0. The van der Waals surface area contributed by atoms with Crippen molar-refractivity contribution in [3.8, 4) is 0 Å². The molecule has 2 aromatic carbocycles. The molecule has 0 spiro atoms. The molecule has 3 heteroatoms. The Balaban J connectivity index is 1.48. The van der Waals surface area contributed by atoms with Gasteiger partial charge in [0.05, 0.1) is 0 Å². The van der Waals surface area contributed by atoms with Crippen LogP contribution in [-0.2, 0) is 6.54 Å². The van der Waals surface area contributed by atoms with Gasteiger partial charge in [-0.2, -0.15) is 0 Å². The molecule has 1 aliphatic rings. The second-order valence-electron chi connectivity index (χ2n) is 5.43. The van der Waals surface area contributed by atoms with E-state index in [9.17, 15) is 8.78 Å². The van der Waals surface area contributed by atoms with Gasteiger partial charge in [0.1, 0.15) is 11.6 Å². The predicted octanol–water partition coefficient (Wildman–Crippen LogP) is 4.00. The van der Waals surface area contributed by atoms with E-state index in [1.54, 1.807) is 12.1 Å². The first kappa shape index (κ1) is 13.3. The summed E-state index contributed by atoms with van der Waals surface area (Å²) in [6.45, 7) is 0.693. The summed E-state index contributed by atoms with van der Waals surface area (Å²) in [7, 11) is 0. The van der Waals surface area contributed by atoms with Gasteiger partial charge >= 0.3 is 0 Å². The van der Waals surface area contributed by atoms with Gasteiger partial charge in [-0.05, 0) is 54.2 Å². The molecule has 0 atom stereocenters. The summed E-state index contributed by atoms with van der Waals surface area (Å²) in [5, 5.41) is 3.43. The monoisotopic (exact) mass is 273 g/mol. The minimum Gasteiger partial charge on any atom is -0.310 e. The van der Waals surface area contributed by atoms with E-state index < -0.39 is 0 Å². The first-order valence-corrected chi connectivity index (χ1v) is 6.94. The SMILES string of the molecule is Fc1ccc(C2CC(NCc3cccc(F)c3)C2)cc1. The number of nitrogens with one attached hydrogen (secondary N) is 1. The van der Waals surface area contributed by atoms with Gasteiger partial charge in [0.2, 0.25) is 0 Å². The number of hydrogen-bond acceptors (Lipinski definition) is 1. The van der Waals surface area contributed by atoms with E-state index in [2.05, 4.69) is 5.32 Å². The summed E-state index contributed by atoms with van der Waals surface area (Å²) < 4.78 is 25.9. The van der Waals surface area contributed by atoms with Crippen molar-refractivity contribution in [3.63, 3.8) is 0 Å². The Bertz CT molecular complexity index is 574. The summed E-state index contributed by atoms with van der Waals surface area (Å²) in [5.74, 6) is 0.136. The Hall–Kier alpha value is -1.74. The van der Waals surface area contributed by atoms with Crippen molar-refractivity contribution < 1.29 is 8.78 Å². The Morgan fingerprint density at radius 2 is 1.70 bits per heavy atom. The van der Waals surface area contributed by atoms with Crippen molar-refractivity contribution in [1.82, 2.24) is 5.32 Å². The fourth-order valence-corrected chi connectivity index (χ4v) is 2.70. The molecule has 0 unspecified atom stereocenters. The van der Waals surface area contributed by atoms with Crippen LogP contribution in [0.2, 0.25) is 0 Å². The summed E-state index contributed by atoms with van der Waals surface area (Å²) in [6.07, 6.45) is 2.11. The van der Waals surface area contributed by atoms with Gasteiger partial charge in [0, 0.05) is 12.6 Å². The lowest BCUT2D eigenvalue weighted by molar-refractivity contribution is 0.289. The van der Waals surface area contributed by atoms with Crippen molar-refractivity contribution in [2.45, 2.75) is 31.3 Å². The zero-order valence-electron chi connectivity index (χ0n) is 11.2. The lowest BCUT2D eigenvalue weighted by atomic mass is 9.76. The second kappa shape index (κ2) is 5.71. The van der Waals surface area contributed by atoms with Gasteiger partial charge in [0.15, 0.2) is 0 Å². The van der Waals surface area contributed by atoms with Crippen molar-refractivity contribution in [2.75, 3.05) is 0 Å². The molecular formula is C17H17F2N. The summed E-state index contributed by atoms with van der Waals surface area (Å²) in [5.41, 5.74) is 2.17. The molecule has 0 saturated heterocycles. The molecule has 1 aliphatic carbocycles. The molecule has 0 radical (unpaired) electrons. The van der Waals surface area contributed by atoms with Crippen molar-refractivity contribution in [2.24, 2.45) is 0 Å². The van der Waals surface area contributed by atoms with E-state index in [1.807, 2.05) is 18.2 Å². The highest BCUT2D eigenvalue weighted by molar-refractivity contribution is 5.24. The summed E-state index contributed by atoms with van der Waals surface area (Å²) in [6, 6.07) is 13.9. The molecule has 1 N–H and O–H groups in total. The Kier molecular flexibility index (Phi) is 3.79. The number of benzene rings is 2. The van der Waals surface area contributed by atoms with E-state index in [0.717, 1.165) is 18.4 Å². The maximum atomic E-state index is 13.0. The molecule has 2 aromatic rings. The quantitative estimate of drug-likeness (QED) is 0.887. The highest BCUT2D eigenvalue weighted by atomic mass is 19.1. The minimum atomic E-state index is -0.193. The van der Waals surface area contributed by atoms with Gasteiger partial charge in [-0.3, -0.25) is 0 Å². The van der Waals surface area contributed by atoms with Gasteiger partial charge in [0.25, 0.3) is 0 Å². The van der Waals surface area contributed by atoms with Gasteiger partial charge < -0.3 is 5.32 Å². The van der Waals surface area contributed by atoms with Crippen LogP contribution < -0.4 is 5.32 Å². The third-order valence-electron chi connectivity index (χ3n) is 3.96. The van der Waals surface area contributed by atoms with Crippen LogP contribution in [0.4, 0.5) is 8.78 Å².